The first-order valence-electron chi connectivity index (χ1n) is 7.59. The van der Waals surface area contributed by atoms with Gasteiger partial charge in [0.1, 0.15) is 12.0 Å². The second kappa shape index (κ2) is 8.82. The Bertz CT molecular complexity index is 364. The molecular weight excluding hydrogens is 250 g/mol. The lowest BCUT2D eigenvalue weighted by molar-refractivity contribution is 0.0778. The highest BCUT2D eigenvalue weighted by Crippen LogP contribution is 2.25. The molecule has 4 nitrogen and oxygen atoms in total. The lowest BCUT2D eigenvalue weighted by Gasteiger charge is -2.39. The predicted octanol–water partition coefficient (Wildman–Crippen LogP) is 3.07. The van der Waals surface area contributed by atoms with E-state index in [2.05, 4.69) is 48.9 Å². The summed E-state index contributed by atoms with van der Waals surface area (Å²) < 4.78 is 5.44. The molecule has 0 saturated carbocycles. The van der Waals surface area contributed by atoms with Crippen molar-refractivity contribution in [3.05, 3.63) is 24.3 Å². The van der Waals surface area contributed by atoms with E-state index in [0.29, 0.717) is 0 Å². The molecule has 0 amide bonds. The largest absolute Gasteiger partial charge is 0.495 e. The topological polar surface area (TPSA) is 27.7 Å². The van der Waals surface area contributed by atoms with Crippen LogP contribution < -0.4 is 10.1 Å². The number of anilines is 1. The summed E-state index contributed by atoms with van der Waals surface area (Å²) >= 11 is 0. The van der Waals surface area contributed by atoms with Gasteiger partial charge in [0.2, 0.25) is 0 Å². The fourth-order valence-corrected chi connectivity index (χ4v) is 2.46. The van der Waals surface area contributed by atoms with Crippen LogP contribution in [0.1, 0.15) is 27.7 Å². The van der Waals surface area contributed by atoms with Crippen molar-refractivity contribution in [3.8, 4) is 5.75 Å². The highest BCUT2D eigenvalue weighted by molar-refractivity contribution is 5.56. The molecular formula is C16H29N3O. The van der Waals surface area contributed by atoms with Crippen LogP contribution in [0, 0.1) is 0 Å². The maximum Gasteiger partial charge on any atom is 0.142 e. The summed E-state index contributed by atoms with van der Waals surface area (Å²) in [5, 5.41) is 3.63. The molecule has 0 aliphatic carbocycles. The Morgan fingerprint density at radius 3 is 1.90 bits per heavy atom. The van der Waals surface area contributed by atoms with E-state index in [1.165, 1.54) is 0 Å². The molecule has 114 valence electrons. The molecule has 0 spiro atoms. The van der Waals surface area contributed by atoms with E-state index in [0.717, 1.165) is 37.6 Å². The first-order valence-corrected chi connectivity index (χ1v) is 7.59. The van der Waals surface area contributed by atoms with Crippen LogP contribution in [-0.4, -0.2) is 49.4 Å². The van der Waals surface area contributed by atoms with Crippen LogP contribution in [0.15, 0.2) is 24.3 Å². The van der Waals surface area contributed by atoms with Gasteiger partial charge in [-0.2, -0.15) is 0 Å². The summed E-state index contributed by atoms with van der Waals surface area (Å²) in [6.45, 7) is 12.8. The average molecular weight is 279 g/mol. The van der Waals surface area contributed by atoms with Gasteiger partial charge >= 0.3 is 0 Å². The number of ether oxygens (including phenoxy) is 1. The van der Waals surface area contributed by atoms with Crippen LogP contribution in [-0.2, 0) is 0 Å². The van der Waals surface area contributed by atoms with Crippen molar-refractivity contribution >= 4 is 5.69 Å². The lowest BCUT2D eigenvalue weighted by atomic mass is 10.3. The number of para-hydroxylation sites is 2. The molecule has 1 N–H and O–H groups in total. The van der Waals surface area contributed by atoms with Gasteiger partial charge in [-0.15, -0.1) is 0 Å². The first kappa shape index (κ1) is 16.8. The molecule has 0 aromatic heterocycles. The maximum absolute atomic E-state index is 5.44. The van der Waals surface area contributed by atoms with Gasteiger partial charge in [-0.1, -0.05) is 39.8 Å². The Kier molecular flexibility index (Phi) is 7.41. The number of methoxy groups -OCH3 is 1. The number of hydrogen-bond acceptors (Lipinski definition) is 4. The number of rotatable bonds is 9. The van der Waals surface area contributed by atoms with Crippen LogP contribution in [0.4, 0.5) is 5.69 Å². The van der Waals surface area contributed by atoms with Crippen LogP contribution in [0.25, 0.3) is 0 Å². The molecule has 20 heavy (non-hydrogen) atoms. The SMILES string of the molecule is CCN(CC)C(Nc1ccccc1OC)N(CC)CC. The molecule has 1 aromatic rings. The summed E-state index contributed by atoms with van der Waals surface area (Å²) in [6, 6.07) is 8.09. The monoisotopic (exact) mass is 279 g/mol. The zero-order valence-electron chi connectivity index (χ0n) is 13.5. The molecule has 1 rings (SSSR count). The van der Waals surface area contributed by atoms with E-state index in [4.69, 9.17) is 4.74 Å². The molecule has 0 heterocycles. The van der Waals surface area contributed by atoms with E-state index in [1.54, 1.807) is 7.11 Å². The molecule has 0 atom stereocenters. The molecule has 4 heteroatoms. The number of nitrogens with one attached hydrogen (secondary N) is 1. The van der Waals surface area contributed by atoms with E-state index in [1.807, 2.05) is 18.2 Å². The molecule has 0 aliphatic rings. The van der Waals surface area contributed by atoms with Crippen molar-refractivity contribution in [1.29, 1.82) is 0 Å². The smallest absolute Gasteiger partial charge is 0.142 e. The van der Waals surface area contributed by atoms with Crippen LogP contribution >= 0.6 is 0 Å². The highest BCUT2D eigenvalue weighted by Gasteiger charge is 2.21. The van der Waals surface area contributed by atoms with Gasteiger partial charge in [0.05, 0.1) is 12.8 Å². The number of nitrogens with zero attached hydrogens (tertiary/aromatic N) is 2. The van der Waals surface area contributed by atoms with Crippen molar-refractivity contribution in [2.75, 3.05) is 38.6 Å². The van der Waals surface area contributed by atoms with Gasteiger partial charge in [-0.25, -0.2) is 0 Å². The van der Waals surface area contributed by atoms with Crippen LogP contribution in [0.2, 0.25) is 0 Å². The fraction of sp³-hybridized carbons (Fsp3) is 0.625. The third-order valence-corrected chi connectivity index (χ3v) is 3.71. The van der Waals surface area contributed by atoms with Crippen molar-refractivity contribution in [2.45, 2.75) is 34.0 Å². The second-order valence-corrected chi connectivity index (χ2v) is 4.66. The third kappa shape index (κ3) is 4.12. The maximum atomic E-state index is 5.44. The standard InChI is InChI=1S/C16H29N3O/c1-6-18(7-2)16(19(8-3)9-4)17-14-12-10-11-13-15(14)20-5/h10-13,16-17H,6-9H2,1-5H3. The fourth-order valence-electron chi connectivity index (χ4n) is 2.46. The predicted molar refractivity (Wildman–Crippen MR) is 86.2 cm³/mol. The molecule has 0 saturated heterocycles. The Hall–Kier alpha value is -1.26. The zero-order valence-corrected chi connectivity index (χ0v) is 13.5. The Morgan fingerprint density at radius 1 is 0.950 bits per heavy atom. The Morgan fingerprint density at radius 2 is 1.45 bits per heavy atom. The quantitative estimate of drug-likeness (QED) is 0.703. The van der Waals surface area contributed by atoms with Gasteiger partial charge in [-0.05, 0) is 38.3 Å². The second-order valence-electron chi connectivity index (χ2n) is 4.66. The van der Waals surface area contributed by atoms with Gasteiger partial charge < -0.3 is 10.1 Å². The van der Waals surface area contributed by atoms with E-state index in [9.17, 15) is 0 Å². The van der Waals surface area contributed by atoms with Crippen LogP contribution in [0.5, 0.6) is 5.75 Å². The van der Waals surface area contributed by atoms with Crippen molar-refractivity contribution in [2.24, 2.45) is 0 Å². The van der Waals surface area contributed by atoms with Gasteiger partial charge in [0.15, 0.2) is 0 Å². The minimum absolute atomic E-state index is 0.191. The Labute approximate surface area is 123 Å². The highest BCUT2D eigenvalue weighted by atomic mass is 16.5. The average Bonchev–Trinajstić information content (AvgIpc) is 2.50. The summed E-state index contributed by atoms with van der Waals surface area (Å²) in [7, 11) is 1.71. The summed E-state index contributed by atoms with van der Waals surface area (Å²) in [6.07, 6.45) is 0.191. The van der Waals surface area contributed by atoms with Crippen molar-refractivity contribution in [3.63, 3.8) is 0 Å². The molecule has 0 unspecified atom stereocenters. The van der Waals surface area contributed by atoms with Gasteiger partial charge in [-0.3, -0.25) is 9.80 Å². The molecule has 0 fully saturated rings. The normalized spacial score (nSPS) is 11.4. The van der Waals surface area contributed by atoms with E-state index in [-0.39, 0.29) is 6.29 Å². The molecule has 1 aromatic carbocycles. The van der Waals surface area contributed by atoms with E-state index < -0.39 is 0 Å². The van der Waals surface area contributed by atoms with Crippen LogP contribution in [0.3, 0.4) is 0 Å². The summed E-state index contributed by atoms with van der Waals surface area (Å²) in [4.78, 5) is 4.83. The van der Waals surface area contributed by atoms with Crippen molar-refractivity contribution < 1.29 is 4.74 Å². The first-order chi connectivity index (χ1) is 9.71. The molecule has 0 radical (unpaired) electrons. The van der Waals surface area contributed by atoms with Gasteiger partial charge in [0, 0.05) is 0 Å². The summed E-state index contributed by atoms with van der Waals surface area (Å²) in [5.41, 5.74) is 1.04. The van der Waals surface area contributed by atoms with Gasteiger partial charge in [0.25, 0.3) is 0 Å². The zero-order chi connectivity index (χ0) is 15.0. The minimum atomic E-state index is 0.191. The number of hydrogen-bond donors (Lipinski definition) is 1. The number of benzene rings is 1. The van der Waals surface area contributed by atoms with Crippen molar-refractivity contribution in [1.82, 2.24) is 9.80 Å². The third-order valence-electron chi connectivity index (χ3n) is 3.71. The lowest BCUT2D eigenvalue weighted by Crippen LogP contribution is -2.53. The molecule has 0 bridgehead atoms. The Balaban J connectivity index is 2.98. The minimum Gasteiger partial charge on any atom is -0.495 e. The summed E-state index contributed by atoms with van der Waals surface area (Å²) in [5.74, 6) is 0.886. The molecule has 0 aliphatic heterocycles. The van der Waals surface area contributed by atoms with E-state index >= 15 is 0 Å².